The SMILES string of the molecule is C[N-]c1c(C=Nc2c(C(C)C)cccc2C(C)C)cc([N+](=O)[O-])c2cccc(C)c12.[Ni+2].[c-]1ccccc1.c1ccc([PH+](c2ccccc2)c2ccccc2)cc1. The summed E-state index contributed by atoms with van der Waals surface area (Å²) in [5.41, 5.74) is 5.68. The number of hydrogen-bond donors (Lipinski definition) is 0. The molecule has 7 aromatic carbocycles. The van der Waals surface area contributed by atoms with E-state index < -0.39 is 7.92 Å². The molecule has 0 atom stereocenters. The summed E-state index contributed by atoms with van der Waals surface area (Å²) in [6, 6.07) is 58.4. The number of nitro groups is 1. The van der Waals surface area contributed by atoms with Crippen LogP contribution in [0.15, 0.2) is 169 Å². The number of aryl methyl sites for hydroxylation is 1. The quantitative estimate of drug-likeness (QED) is 0.0364. The molecule has 5 nitrogen and oxygen atoms in total. The average molecular weight is 802 g/mol. The molecule has 0 aromatic heterocycles. The summed E-state index contributed by atoms with van der Waals surface area (Å²) in [6.07, 6.45) is 1.73. The maximum atomic E-state index is 11.8. The summed E-state index contributed by atoms with van der Waals surface area (Å²) in [5, 5.41) is 22.0. The Kier molecular flexibility index (Phi) is 16.7. The zero-order valence-corrected chi connectivity index (χ0v) is 34.8. The van der Waals surface area contributed by atoms with Crippen LogP contribution in [0.2, 0.25) is 0 Å². The van der Waals surface area contributed by atoms with Crippen molar-refractivity contribution in [1.29, 1.82) is 0 Å². The number of nitro benzene ring substituents is 1. The molecule has 0 spiro atoms. The van der Waals surface area contributed by atoms with Gasteiger partial charge in [0.2, 0.25) is 0 Å². The second-order valence-corrected chi connectivity index (χ2v) is 16.2. The van der Waals surface area contributed by atoms with Crippen LogP contribution in [0.5, 0.6) is 0 Å². The van der Waals surface area contributed by atoms with Crippen molar-refractivity contribution in [3.05, 3.63) is 208 Å². The fraction of sp³-hybridized carbons (Fsp3) is 0.163. The molecule has 0 radical (unpaired) electrons. The Morgan fingerprint density at radius 1 is 0.679 bits per heavy atom. The number of non-ortho nitro benzene ring substituents is 1. The van der Waals surface area contributed by atoms with E-state index in [4.69, 9.17) is 4.99 Å². The second kappa shape index (κ2) is 21.6. The first kappa shape index (κ1) is 43.3. The molecule has 0 aliphatic carbocycles. The Morgan fingerprint density at radius 3 is 1.54 bits per heavy atom. The van der Waals surface area contributed by atoms with Crippen LogP contribution >= 0.6 is 7.92 Å². The van der Waals surface area contributed by atoms with E-state index in [1.165, 1.54) is 27.0 Å². The average Bonchev–Trinajstić information content (AvgIpc) is 3.22. The minimum Gasteiger partial charge on any atom is -0.686 e. The van der Waals surface area contributed by atoms with Crippen LogP contribution in [0.3, 0.4) is 0 Å². The van der Waals surface area contributed by atoms with E-state index in [9.17, 15) is 10.1 Å². The van der Waals surface area contributed by atoms with Crippen LogP contribution in [0, 0.1) is 23.1 Å². The summed E-state index contributed by atoms with van der Waals surface area (Å²) in [4.78, 5) is 16.3. The van der Waals surface area contributed by atoms with E-state index in [2.05, 4.69) is 148 Å². The van der Waals surface area contributed by atoms with Crippen molar-refractivity contribution >= 4 is 57.9 Å². The van der Waals surface area contributed by atoms with Crippen LogP contribution in [0.25, 0.3) is 16.1 Å². The zero-order chi connectivity index (χ0) is 39.2. The molecule has 0 saturated carbocycles. The van der Waals surface area contributed by atoms with Gasteiger partial charge < -0.3 is 5.32 Å². The van der Waals surface area contributed by atoms with Crippen molar-refractivity contribution < 1.29 is 21.4 Å². The Bertz CT molecular complexity index is 2150. The maximum absolute atomic E-state index is 11.8. The van der Waals surface area contributed by atoms with Gasteiger partial charge in [-0.25, -0.2) is 0 Å². The molecule has 0 unspecified atom stereocenters. The van der Waals surface area contributed by atoms with E-state index in [1.54, 1.807) is 25.4 Å². The Morgan fingerprint density at radius 2 is 1.14 bits per heavy atom. The fourth-order valence-corrected chi connectivity index (χ4v) is 9.15. The molecule has 0 heterocycles. The van der Waals surface area contributed by atoms with Crippen LogP contribution in [0.4, 0.5) is 17.1 Å². The van der Waals surface area contributed by atoms with E-state index in [0.717, 1.165) is 22.3 Å². The first-order valence-corrected chi connectivity index (χ1v) is 20.1. The van der Waals surface area contributed by atoms with Gasteiger partial charge in [-0.3, -0.25) is 15.1 Å². The molecule has 0 N–H and O–H groups in total. The van der Waals surface area contributed by atoms with E-state index >= 15 is 0 Å². The first-order chi connectivity index (χ1) is 26.7. The standard InChI is InChI=1S/C25H28N3O2.C18H15P.C6H5.Ni/c1-15(2)19-10-8-11-20(16(3)4)25(19)27-14-18-13-22(28(29)30)21-12-7-9-17(5)23(21)24(18)26-6;1-4-10-16(11-5-1)19(17-12-6-2-7-13-17)18-14-8-3-9-15-18;1-2-4-6-5-3-1;/h7-16H,1-6H3;1-15H;1-5H;/q-1;;-1;+2/p+1. The largest absolute Gasteiger partial charge is 2.00 e. The molecule has 0 bridgehead atoms. The predicted molar refractivity (Wildman–Crippen MR) is 238 cm³/mol. The van der Waals surface area contributed by atoms with Gasteiger partial charge in [0.05, 0.1) is 23.9 Å². The summed E-state index contributed by atoms with van der Waals surface area (Å²) < 4.78 is 0. The number of para-hydroxylation sites is 1. The maximum Gasteiger partial charge on any atom is 2.00 e. The van der Waals surface area contributed by atoms with Gasteiger partial charge in [-0.05, 0) is 88.9 Å². The molecule has 7 rings (SSSR count). The van der Waals surface area contributed by atoms with Crippen molar-refractivity contribution in [2.75, 3.05) is 7.05 Å². The minimum atomic E-state index is -0.877. The summed E-state index contributed by atoms with van der Waals surface area (Å²) in [5.74, 6) is 0.638. The van der Waals surface area contributed by atoms with Gasteiger partial charge in [-0.1, -0.05) is 113 Å². The molecule has 0 aliphatic heterocycles. The van der Waals surface area contributed by atoms with Crippen LogP contribution in [0.1, 0.15) is 61.8 Å². The first-order valence-electron chi connectivity index (χ1n) is 18.6. The molecule has 0 fully saturated rings. The number of fused-ring (bicyclic) bond motifs is 1. The normalized spacial score (nSPS) is 10.7. The molecule has 286 valence electrons. The zero-order valence-electron chi connectivity index (χ0n) is 32.8. The topological polar surface area (TPSA) is 69.6 Å². The van der Waals surface area contributed by atoms with Crippen molar-refractivity contribution in [1.82, 2.24) is 0 Å². The molecule has 7 aromatic rings. The Labute approximate surface area is 343 Å². The monoisotopic (exact) mass is 800 g/mol. The third-order valence-electron chi connectivity index (χ3n) is 9.24. The molecular weight excluding hydrogens is 752 g/mol. The van der Waals surface area contributed by atoms with Gasteiger partial charge in [0.1, 0.15) is 15.9 Å². The van der Waals surface area contributed by atoms with E-state index in [-0.39, 0.29) is 27.1 Å². The minimum absolute atomic E-state index is 0. The second-order valence-electron chi connectivity index (χ2n) is 13.7. The third-order valence-corrected chi connectivity index (χ3v) is 12.0. The molecule has 56 heavy (non-hydrogen) atoms. The van der Waals surface area contributed by atoms with Crippen molar-refractivity contribution in [2.24, 2.45) is 4.99 Å². The van der Waals surface area contributed by atoms with Gasteiger partial charge >= 0.3 is 16.5 Å². The molecule has 0 amide bonds. The number of aliphatic imine (C=N–C) groups is 1. The molecule has 0 aliphatic rings. The Balaban J connectivity index is 0.000000226. The van der Waals surface area contributed by atoms with E-state index in [1.807, 2.05) is 49.4 Å². The predicted octanol–water partition coefficient (Wildman–Crippen LogP) is 12.4. The van der Waals surface area contributed by atoms with Crippen molar-refractivity contribution in [2.45, 2.75) is 46.5 Å². The smallest absolute Gasteiger partial charge is 0.686 e. The van der Waals surface area contributed by atoms with Crippen LogP contribution in [-0.4, -0.2) is 18.2 Å². The molecule has 0 saturated heterocycles. The van der Waals surface area contributed by atoms with Crippen LogP contribution < -0.4 is 15.9 Å². The summed E-state index contributed by atoms with van der Waals surface area (Å²) in [6.45, 7) is 10.5. The van der Waals surface area contributed by atoms with Crippen molar-refractivity contribution in [3.63, 3.8) is 0 Å². The van der Waals surface area contributed by atoms with Crippen LogP contribution in [-0.2, 0) is 16.5 Å². The summed E-state index contributed by atoms with van der Waals surface area (Å²) >= 11 is 0. The van der Waals surface area contributed by atoms with Gasteiger partial charge in [0, 0.05) is 12.3 Å². The van der Waals surface area contributed by atoms with Gasteiger partial charge in [0.15, 0.2) is 0 Å². The fourth-order valence-electron chi connectivity index (χ4n) is 6.57. The van der Waals surface area contributed by atoms with Crippen molar-refractivity contribution in [3.8, 4) is 0 Å². The molecule has 7 heteroatoms. The number of benzene rings is 7. The van der Waals surface area contributed by atoms with Gasteiger partial charge in [-0.2, -0.15) is 36.4 Å². The number of hydrogen-bond acceptors (Lipinski definition) is 3. The number of nitrogens with zero attached hydrogens (tertiary/aromatic N) is 3. The Hall–Kier alpha value is -5.41. The summed E-state index contributed by atoms with van der Waals surface area (Å²) in [7, 11) is 0.837. The molecular formula is C49H49N3NiO2P+. The van der Waals surface area contributed by atoms with Gasteiger partial charge in [-0.15, -0.1) is 12.7 Å². The number of rotatable bonds is 9. The third kappa shape index (κ3) is 11.1. The van der Waals surface area contributed by atoms with E-state index in [0.29, 0.717) is 22.8 Å². The van der Waals surface area contributed by atoms with Gasteiger partial charge in [0.25, 0.3) is 5.69 Å².